The lowest BCUT2D eigenvalue weighted by atomic mass is 10.1. The number of hydrogen-bond donors (Lipinski definition) is 1. The van der Waals surface area contributed by atoms with Gasteiger partial charge in [0.25, 0.3) is 0 Å². The standard InChI is InChI=1S/C33H31NO6/c1-34(20-28(35)24-11-5-2-6-12-24)21-29(36)27-17-18-32(39-22-30(37)25-13-7-3-8-14-25)33(19-27)40-23-31(38)26-15-9-4-10-16-26/h2-19,29,36H,20-23H2,1H3/t29-/m0/s1. The third-order valence-corrected chi connectivity index (χ3v) is 6.26. The van der Waals surface area contributed by atoms with Gasteiger partial charge in [0.2, 0.25) is 0 Å². The number of ketones is 3. The molecule has 0 aromatic heterocycles. The largest absolute Gasteiger partial charge is 0.482 e. The van der Waals surface area contributed by atoms with Crippen LogP contribution >= 0.6 is 0 Å². The molecule has 40 heavy (non-hydrogen) atoms. The first-order chi connectivity index (χ1) is 19.4. The normalized spacial score (nSPS) is 11.6. The van der Waals surface area contributed by atoms with Gasteiger partial charge in [0.05, 0.1) is 12.6 Å². The number of carbonyl (C=O) groups is 3. The molecule has 1 N–H and O–H groups in total. The van der Waals surface area contributed by atoms with Crippen LogP contribution in [0.2, 0.25) is 0 Å². The number of nitrogens with zero attached hydrogens (tertiary/aromatic N) is 1. The second-order valence-electron chi connectivity index (χ2n) is 9.36. The van der Waals surface area contributed by atoms with Crippen LogP contribution in [0.4, 0.5) is 0 Å². The minimum absolute atomic E-state index is 0.0504. The van der Waals surface area contributed by atoms with E-state index in [4.69, 9.17) is 9.47 Å². The van der Waals surface area contributed by atoms with Crippen molar-refractivity contribution < 1.29 is 29.0 Å². The van der Waals surface area contributed by atoms with Crippen molar-refractivity contribution in [2.24, 2.45) is 0 Å². The number of rotatable bonds is 14. The summed E-state index contributed by atoms with van der Waals surface area (Å²) in [5.41, 5.74) is 2.14. The van der Waals surface area contributed by atoms with Crippen LogP contribution in [0.1, 0.15) is 42.7 Å². The van der Waals surface area contributed by atoms with Gasteiger partial charge in [0.1, 0.15) is 0 Å². The Morgan fingerprint density at radius 1 is 0.650 bits per heavy atom. The van der Waals surface area contributed by atoms with Gasteiger partial charge < -0.3 is 14.6 Å². The SMILES string of the molecule is CN(CC(=O)c1ccccc1)C[C@H](O)c1ccc(OCC(=O)c2ccccc2)c(OCC(=O)c2ccccc2)c1. The lowest BCUT2D eigenvalue weighted by Crippen LogP contribution is -2.30. The van der Waals surface area contributed by atoms with Crippen LogP contribution in [0, 0.1) is 0 Å². The van der Waals surface area contributed by atoms with Crippen LogP contribution in [-0.2, 0) is 0 Å². The van der Waals surface area contributed by atoms with Crippen LogP contribution in [0.15, 0.2) is 109 Å². The molecule has 0 fully saturated rings. The fourth-order valence-electron chi connectivity index (χ4n) is 4.09. The maximum atomic E-state index is 12.7. The molecule has 1 atom stereocenters. The number of carbonyl (C=O) groups excluding carboxylic acids is 3. The van der Waals surface area contributed by atoms with Crippen LogP contribution in [-0.4, -0.2) is 60.7 Å². The molecule has 0 aliphatic heterocycles. The number of aliphatic hydroxyl groups is 1. The number of aliphatic hydroxyl groups excluding tert-OH is 1. The summed E-state index contributed by atoms with van der Waals surface area (Å²) < 4.78 is 11.6. The molecule has 0 saturated heterocycles. The first-order valence-electron chi connectivity index (χ1n) is 12.9. The highest BCUT2D eigenvalue weighted by Gasteiger charge is 2.18. The summed E-state index contributed by atoms with van der Waals surface area (Å²) in [7, 11) is 1.76. The summed E-state index contributed by atoms with van der Waals surface area (Å²) in [6.45, 7) is -0.149. The Balaban J connectivity index is 1.46. The lowest BCUT2D eigenvalue weighted by molar-refractivity contribution is 0.0877. The molecule has 204 valence electrons. The highest BCUT2D eigenvalue weighted by Crippen LogP contribution is 2.31. The van der Waals surface area contributed by atoms with Crippen molar-refractivity contribution in [2.75, 3.05) is 33.4 Å². The first-order valence-corrected chi connectivity index (χ1v) is 12.9. The molecule has 0 saturated carbocycles. The van der Waals surface area contributed by atoms with Gasteiger partial charge in [0, 0.05) is 23.2 Å². The average molecular weight is 538 g/mol. The number of Topliss-reactive ketones (excluding diaryl/α,β-unsaturated/α-hetero) is 3. The highest BCUT2D eigenvalue weighted by molar-refractivity contribution is 5.98. The van der Waals surface area contributed by atoms with E-state index in [9.17, 15) is 19.5 Å². The third-order valence-electron chi connectivity index (χ3n) is 6.26. The monoisotopic (exact) mass is 537 g/mol. The predicted octanol–water partition coefficient (Wildman–Crippen LogP) is 5.06. The zero-order valence-electron chi connectivity index (χ0n) is 22.2. The van der Waals surface area contributed by atoms with E-state index in [1.54, 1.807) is 90.8 Å². The van der Waals surface area contributed by atoms with Crippen molar-refractivity contribution in [3.63, 3.8) is 0 Å². The molecule has 7 nitrogen and oxygen atoms in total. The predicted molar refractivity (Wildman–Crippen MR) is 152 cm³/mol. The Labute approximate surface area is 233 Å². The Morgan fingerprint density at radius 3 is 1.60 bits per heavy atom. The van der Waals surface area contributed by atoms with E-state index >= 15 is 0 Å². The Bertz CT molecular complexity index is 1420. The average Bonchev–Trinajstić information content (AvgIpc) is 3.00. The van der Waals surface area contributed by atoms with Crippen molar-refractivity contribution in [1.82, 2.24) is 4.90 Å². The van der Waals surface area contributed by atoms with E-state index in [-0.39, 0.29) is 55.2 Å². The molecule has 4 aromatic rings. The smallest absolute Gasteiger partial charge is 0.200 e. The molecule has 0 radical (unpaired) electrons. The molecule has 4 aromatic carbocycles. The summed E-state index contributed by atoms with van der Waals surface area (Å²) in [6, 6.07) is 31.4. The number of hydrogen-bond acceptors (Lipinski definition) is 7. The summed E-state index contributed by atoms with van der Waals surface area (Å²) in [5.74, 6) is 0.0155. The van der Waals surface area contributed by atoms with E-state index < -0.39 is 6.10 Å². The van der Waals surface area contributed by atoms with E-state index in [2.05, 4.69) is 0 Å². The van der Waals surface area contributed by atoms with Gasteiger partial charge in [-0.15, -0.1) is 0 Å². The summed E-state index contributed by atoms with van der Waals surface area (Å²) in [5, 5.41) is 10.9. The zero-order valence-corrected chi connectivity index (χ0v) is 22.2. The summed E-state index contributed by atoms with van der Waals surface area (Å²) in [4.78, 5) is 39.5. The topological polar surface area (TPSA) is 93.1 Å². The van der Waals surface area contributed by atoms with Crippen LogP contribution in [0.5, 0.6) is 11.5 Å². The quantitative estimate of drug-likeness (QED) is 0.225. The highest BCUT2D eigenvalue weighted by atomic mass is 16.5. The van der Waals surface area contributed by atoms with Crippen molar-refractivity contribution in [3.05, 3.63) is 131 Å². The Kier molecular flexibility index (Phi) is 9.93. The second kappa shape index (κ2) is 14.0. The molecule has 7 heteroatoms. The third kappa shape index (κ3) is 7.96. The van der Waals surface area contributed by atoms with Crippen molar-refractivity contribution in [2.45, 2.75) is 6.10 Å². The molecule has 0 aliphatic carbocycles. The van der Waals surface area contributed by atoms with E-state index in [1.807, 2.05) is 30.3 Å². The first kappa shape index (κ1) is 28.4. The van der Waals surface area contributed by atoms with Crippen molar-refractivity contribution in [1.29, 1.82) is 0 Å². The molecule has 0 bridgehead atoms. The lowest BCUT2D eigenvalue weighted by Gasteiger charge is -2.21. The fourth-order valence-corrected chi connectivity index (χ4v) is 4.09. The number of benzene rings is 4. The molecule has 0 unspecified atom stereocenters. The molecular formula is C33H31NO6. The Hall–Kier alpha value is -4.59. The summed E-state index contributed by atoms with van der Waals surface area (Å²) >= 11 is 0. The fraction of sp³-hybridized carbons (Fsp3) is 0.182. The molecular weight excluding hydrogens is 506 g/mol. The minimum Gasteiger partial charge on any atom is -0.482 e. The van der Waals surface area contributed by atoms with Gasteiger partial charge in [-0.2, -0.15) is 0 Å². The minimum atomic E-state index is -0.944. The van der Waals surface area contributed by atoms with Crippen LogP contribution in [0.25, 0.3) is 0 Å². The van der Waals surface area contributed by atoms with Gasteiger partial charge >= 0.3 is 0 Å². The van der Waals surface area contributed by atoms with Crippen LogP contribution in [0.3, 0.4) is 0 Å². The van der Waals surface area contributed by atoms with E-state index in [1.165, 1.54) is 0 Å². The van der Waals surface area contributed by atoms with E-state index in [0.29, 0.717) is 22.3 Å². The van der Waals surface area contributed by atoms with Gasteiger partial charge in [-0.1, -0.05) is 97.1 Å². The van der Waals surface area contributed by atoms with Gasteiger partial charge in [-0.25, -0.2) is 0 Å². The zero-order chi connectivity index (χ0) is 28.3. The van der Waals surface area contributed by atoms with Gasteiger partial charge in [-0.05, 0) is 24.7 Å². The molecule has 0 heterocycles. The molecule has 0 aliphatic rings. The maximum Gasteiger partial charge on any atom is 0.200 e. The number of ether oxygens (including phenoxy) is 2. The van der Waals surface area contributed by atoms with Gasteiger partial charge in [0.15, 0.2) is 42.1 Å². The number of likely N-dealkylation sites (N-methyl/N-ethyl adjacent to an activating group) is 1. The molecule has 0 amide bonds. The second-order valence-corrected chi connectivity index (χ2v) is 9.36. The van der Waals surface area contributed by atoms with Crippen LogP contribution < -0.4 is 9.47 Å². The Morgan fingerprint density at radius 2 is 1.10 bits per heavy atom. The maximum absolute atomic E-state index is 12.7. The molecule has 0 spiro atoms. The summed E-state index contributed by atoms with van der Waals surface area (Å²) in [6.07, 6.45) is -0.944. The van der Waals surface area contributed by atoms with Crippen molar-refractivity contribution in [3.8, 4) is 11.5 Å². The molecule has 4 rings (SSSR count). The van der Waals surface area contributed by atoms with Crippen molar-refractivity contribution >= 4 is 17.3 Å². The van der Waals surface area contributed by atoms with Gasteiger partial charge in [-0.3, -0.25) is 19.3 Å². The van der Waals surface area contributed by atoms with E-state index in [0.717, 1.165) is 0 Å².